The average Bonchev–Trinajstić information content (AvgIpc) is 3.03. The van der Waals surface area contributed by atoms with Gasteiger partial charge in [0.2, 0.25) is 0 Å². The molecule has 0 aliphatic heterocycles. The van der Waals surface area contributed by atoms with Crippen molar-refractivity contribution in [2.45, 2.75) is 84.0 Å². The summed E-state index contributed by atoms with van der Waals surface area (Å²) >= 11 is 0. The van der Waals surface area contributed by atoms with Crippen LogP contribution in [0.5, 0.6) is 5.75 Å². The highest BCUT2D eigenvalue weighted by Crippen LogP contribution is 2.63. The summed E-state index contributed by atoms with van der Waals surface area (Å²) in [6, 6.07) is 6.66. The third kappa shape index (κ3) is 8.49. The molecule has 1 aromatic rings. The van der Waals surface area contributed by atoms with Crippen LogP contribution in [0, 0.1) is 16.7 Å². The summed E-state index contributed by atoms with van der Waals surface area (Å²) in [5, 5.41) is 10.3. The van der Waals surface area contributed by atoms with Crippen molar-refractivity contribution in [3.05, 3.63) is 72.4 Å². The van der Waals surface area contributed by atoms with Gasteiger partial charge in [-0.05, 0) is 55.5 Å². The fraction of sp³-hybridized carbons (Fsp3) is 0.556. The molecule has 0 saturated heterocycles. The number of alkyl halides is 4. The Morgan fingerprint density at radius 3 is 2.15 bits per heavy atom. The number of hydrogen-bond acceptors (Lipinski definition) is 5. The Bertz CT molecular complexity index is 1250. The van der Waals surface area contributed by atoms with E-state index in [4.69, 9.17) is 14.2 Å². The average molecular weight is 651 g/mol. The Balaban J connectivity index is 1.78. The minimum absolute atomic E-state index is 0.189. The van der Waals surface area contributed by atoms with E-state index in [1.54, 1.807) is 24.3 Å². The number of carbonyl (C=O) groups excluding carboxylic acids is 1. The normalized spacial score (nSPS) is 24.1. The summed E-state index contributed by atoms with van der Waals surface area (Å²) in [6.45, 7) is 5.24. The maximum absolute atomic E-state index is 16.3. The largest absolute Gasteiger partial charge is 0.494 e. The van der Waals surface area contributed by atoms with Crippen LogP contribution in [0.3, 0.4) is 0 Å². The molecule has 3 rings (SSSR count). The molecule has 2 aliphatic rings. The first-order valence-electron chi connectivity index (χ1n) is 16.2. The van der Waals surface area contributed by atoms with Gasteiger partial charge in [0.1, 0.15) is 22.8 Å². The van der Waals surface area contributed by atoms with E-state index >= 15 is 17.6 Å². The van der Waals surface area contributed by atoms with Crippen LogP contribution in [0.15, 0.2) is 66.8 Å². The van der Waals surface area contributed by atoms with E-state index in [1.807, 2.05) is 6.92 Å². The molecule has 4 atom stereocenters. The van der Waals surface area contributed by atoms with Gasteiger partial charge in [0, 0.05) is 13.2 Å². The first-order valence-corrected chi connectivity index (χ1v) is 16.2. The van der Waals surface area contributed by atoms with Crippen LogP contribution in [0.2, 0.25) is 0 Å². The van der Waals surface area contributed by atoms with E-state index in [0.717, 1.165) is 43.6 Å². The van der Waals surface area contributed by atoms with Crippen LogP contribution in [0.1, 0.15) is 77.2 Å². The molecular formula is C36H46F4O6. The quantitative estimate of drug-likeness (QED) is 0.0916. The standard InChI is InChI=1S/C36H46F4O6/c1-3-5-6-7-8-9-12-24-45-29-18-16-27(17-19-29)28-20-22-34(33(42)43,31(37)26-28)35(36(38,39)40)21-11-10-15-30(35)32(41)46-25-14-13-23-44-4-2/h10-11,15-22,26,30-31H,3-9,12-14,23-25H2,1-2H3,(H,42,43). The molecule has 0 amide bonds. The highest BCUT2D eigenvalue weighted by molar-refractivity contribution is 5.88. The molecule has 1 aromatic carbocycles. The molecule has 0 aromatic heterocycles. The van der Waals surface area contributed by atoms with Crippen LogP contribution in [0.25, 0.3) is 5.57 Å². The fourth-order valence-corrected chi connectivity index (χ4v) is 6.09. The van der Waals surface area contributed by atoms with Crippen molar-refractivity contribution in [3.8, 4) is 5.75 Å². The van der Waals surface area contributed by atoms with Crippen molar-refractivity contribution in [1.29, 1.82) is 0 Å². The van der Waals surface area contributed by atoms with E-state index in [-0.39, 0.29) is 12.2 Å². The van der Waals surface area contributed by atoms with Gasteiger partial charge in [-0.1, -0.05) is 94.0 Å². The molecule has 0 bridgehead atoms. The Hall–Kier alpha value is -3.40. The van der Waals surface area contributed by atoms with Gasteiger partial charge in [0.05, 0.1) is 19.1 Å². The van der Waals surface area contributed by atoms with Gasteiger partial charge in [-0.15, -0.1) is 0 Å². The zero-order valence-electron chi connectivity index (χ0n) is 26.7. The number of esters is 1. The van der Waals surface area contributed by atoms with Crippen molar-refractivity contribution in [3.63, 3.8) is 0 Å². The number of allylic oxidation sites excluding steroid dienone is 6. The van der Waals surface area contributed by atoms with Gasteiger partial charge in [-0.25, -0.2) is 4.39 Å². The third-order valence-electron chi connectivity index (χ3n) is 8.65. The molecule has 254 valence electrons. The Morgan fingerprint density at radius 2 is 1.52 bits per heavy atom. The lowest BCUT2D eigenvalue weighted by Gasteiger charge is -2.50. The molecule has 0 heterocycles. The SMILES string of the molecule is CCCCCCCCCOc1ccc(C2=CC(F)C(C(=O)O)(C3(C(F)(F)F)C=CC=CC3C(=O)OCCCCOCC)C=C2)cc1. The predicted octanol–water partition coefficient (Wildman–Crippen LogP) is 8.83. The summed E-state index contributed by atoms with van der Waals surface area (Å²) in [6.07, 6.45) is 7.40. The van der Waals surface area contributed by atoms with Crippen LogP contribution < -0.4 is 4.74 Å². The first-order chi connectivity index (χ1) is 22.0. The Kier molecular flexibility index (Phi) is 14.1. The van der Waals surface area contributed by atoms with Gasteiger partial charge in [-0.2, -0.15) is 13.2 Å². The van der Waals surface area contributed by atoms with E-state index < -0.39 is 41.0 Å². The number of halogens is 4. The number of hydrogen-bond donors (Lipinski definition) is 1. The van der Waals surface area contributed by atoms with Gasteiger partial charge >= 0.3 is 18.1 Å². The van der Waals surface area contributed by atoms with Crippen molar-refractivity contribution >= 4 is 17.5 Å². The summed E-state index contributed by atoms with van der Waals surface area (Å²) in [5.74, 6) is -4.86. The molecule has 46 heavy (non-hydrogen) atoms. The maximum Gasteiger partial charge on any atom is 0.400 e. The molecule has 0 saturated carbocycles. The van der Waals surface area contributed by atoms with Crippen molar-refractivity contribution < 1.29 is 46.5 Å². The molecular weight excluding hydrogens is 604 g/mol. The molecule has 0 fully saturated rings. The first kappa shape index (κ1) is 37.1. The summed E-state index contributed by atoms with van der Waals surface area (Å²) in [5.41, 5.74) is -5.96. The van der Waals surface area contributed by atoms with E-state index in [1.165, 1.54) is 37.8 Å². The highest BCUT2D eigenvalue weighted by Gasteiger charge is 2.75. The van der Waals surface area contributed by atoms with Crippen LogP contribution in [-0.2, 0) is 19.1 Å². The van der Waals surface area contributed by atoms with Crippen molar-refractivity contribution in [2.24, 2.45) is 16.7 Å². The smallest absolute Gasteiger partial charge is 0.400 e. The van der Waals surface area contributed by atoms with Crippen LogP contribution in [-0.4, -0.2) is 55.8 Å². The summed E-state index contributed by atoms with van der Waals surface area (Å²) in [7, 11) is 0. The Morgan fingerprint density at radius 1 is 0.870 bits per heavy atom. The second-order valence-electron chi connectivity index (χ2n) is 11.7. The second-order valence-corrected chi connectivity index (χ2v) is 11.7. The highest BCUT2D eigenvalue weighted by atomic mass is 19.4. The maximum atomic E-state index is 16.3. The number of carboxylic acids is 1. The number of carbonyl (C=O) groups is 2. The second kappa shape index (κ2) is 17.5. The minimum Gasteiger partial charge on any atom is -0.494 e. The van der Waals surface area contributed by atoms with Crippen molar-refractivity contribution in [1.82, 2.24) is 0 Å². The molecule has 4 unspecified atom stereocenters. The lowest BCUT2D eigenvalue weighted by molar-refractivity contribution is -0.260. The topological polar surface area (TPSA) is 82.1 Å². The van der Waals surface area contributed by atoms with E-state index in [9.17, 15) is 14.7 Å². The minimum atomic E-state index is -5.35. The number of unbranched alkanes of at least 4 members (excludes halogenated alkanes) is 7. The molecule has 2 aliphatic carbocycles. The number of aliphatic carboxylic acids is 1. The zero-order valence-corrected chi connectivity index (χ0v) is 26.7. The zero-order chi connectivity index (χ0) is 33.6. The van der Waals surface area contributed by atoms with E-state index in [0.29, 0.717) is 50.1 Å². The fourth-order valence-electron chi connectivity index (χ4n) is 6.09. The number of benzene rings is 1. The number of ether oxygens (including phenoxy) is 3. The van der Waals surface area contributed by atoms with E-state index in [2.05, 4.69) is 6.92 Å². The predicted molar refractivity (Wildman–Crippen MR) is 169 cm³/mol. The molecule has 0 radical (unpaired) electrons. The molecule has 10 heteroatoms. The van der Waals surface area contributed by atoms with Gasteiger partial charge in [0.25, 0.3) is 0 Å². The lowest BCUT2D eigenvalue weighted by atomic mass is 9.52. The molecule has 6 nitrogen and oxygen atoms in total. The lowest BCUT2D eigenvalue weighted by Crippen LogP contribution is -2.63. The van der Waals surface area contributed by atoms with Crippen molar-refractivity contribution in [2.75, 3.05) is 26.4 Å². The number of carboxylic acid groups (broad SMARTS) is 1. The molecule has 0 spiro atoms. The summed E-state index contributed by atoms with van der Waals surface area (Å²) < 4.78 is 78.0. The van der Waals surface area contributed by atoms with Gasteiger partial charge < -0.3 is 19.3 Å². The monoisotopic (exact) mass is 650 g/mol. The summed E-state index contributed by atoms with van der Waals surface area (Å²) in [4.78, 5) is 25.9. The third-order valence-corrected chi connectivity index (χ3v) is 8.65. The molecule has 1 N–H and O–H groups in total. The Labute approximate surface area is 269 Å². The van der Waals surface area contributed by atoms with Crippen LogP contribution in [0.4, 0.5) is 17.6 Å². The van der Waals surface area contributed by atoms with Gasteiger partial charge in [0.15, 0.2) is 0 Å². The van der Waals surface area contributed by atoms with Gasteiger partial charge in [-0.3, -0.25) is 9.59 Å². The van der Waals surface area contributed by atoms with Crippen LogP contribution >= 0.6 is 0 Å². The number of rotatable bonds is 19.